The minimum absolute atomic E-state index is 0.0682. The molecule has 1 aromatic carbocycles. The summed E-state index contributed by atoms with van der Waals surface area (Å²) in [4.78, 5) is 2.08. The van der Waals surface area contributed by atoms with Gasteiger partial charge in [-0.2, -0.15) is 0 Å². The summed E-state index contributed by atoms with van der Waals surface area (Å²) in [6, 6.07) is 6.59. The first-order valence-corrected chi connectivity index (χ1v) is 5.70. The first-order chi connectivity index (χ1) is 7.47. The van der Waals surface area contributed by atoms with Gasteiger partial charge < -0.3 is 0 Å². The van der Waals surface area contributed by atoms with Crippen molar-refractivity contribution >= 4 is 0 Å². The molecule has 0 aliphatic heterocycles. The minimum Gasteiger partial charge on any atom is -0.289 e. The van der Waals surface area contributed by atoms with Gasteiger partial charge in [0.15, 0.2) is 0 Å². The van der Waals surface area contributed by atoms with Crippen LogP contribution in [0.1, 0.15) is 42.6 Å². The topological polar surface area (TPSA) is 41.3 Å². The van der Waals surface area contributed by atoms with Crippen molar-refractivity contribution in [2.24, 2.45) is 5.84 Å². The molecule has 0 heterocycles. The summed E-state index contributed by atoms with van der Waals surface area (Å²) in [7, 11) is 4.04. The van der Waals surface area contributed by atoms with Crippen LogP contribution in [0, 0.1) is 6.92 Å². The van der Waals surface area contributed by atoms with E-state index in [1.165, 1.54) is 16.7 Å². The first kappa shape index (κ1) is 13.2. The normalized spacial score (nSPS) is 13.5. The van der Waals surface area contributed by atoms with Crippen molar-refractivity contribution in [2.75, 3.05) is 14.1 Å². The first-order valence-electron chi connectivity index (χ1n) is 5.70. The number of hydrogen-bond donors (Lipinski definition) is 2. The molecule has 0 radical (unpaired) electrons. The molecule has 0 aromatic heterocycles. The second kappa shape index (κ2) is 5.43. The third-order valence-corrected chi connectivity index (χ3v) is 2.94. The van der Waals surface area contributed by atoms with Crippen LogP contribution in [-0.2, 0) is 0 Å². The lowest BCUT2D eigenvalue weighted by atomic mass is 9.96. The van der Waals surface area contributed by atoms with E-state index in [1.54, 1.807) is 0 Å². The molecule has 1 rings (SSSR count). The van der Waals surface area contributed by atoms with Gasteiger partial charge in [0.05, 0.1) is 6.17 Å². The van der Waals surface area contributed by atoms with E-state index in [1.807, 2.05) is 14.1 Å². The zero-order valence-electron chi connectivity index (χ0n) is 10.9. The van der Waals surface area contributed by atoms with E-state index in [2.05, 4.69) is 49.3 Å². The molecule has 0 fully saturated rings. The number of benzene rings is 1. The summed E-state index contributed by atoms with van der Waals surface area (Å²) in [5.41, 5.74) is 6.71. The Hall–Kier alpha value is -0.900. The summed E-state index contributed by atoms with van der Waals surface area (Å²) in [6.45, 7) is 6.53. The van der Waals surface area contributed by atoms with Crippen molar-refractivity contribution < 1.29 is 0 Å². The number of aryl methyl sites for hydroxylation is 1. The molecule has 3 heteroatoms. The molecular formula is C13H23N3. The Balaban J connectivity index is 3.14. The predicted octanol–water partition coefficient (Wildman–Crippen LogP) is 2.14. The van der Waals surface area contributed by atoms with E-state index in [0.29, 0.717) is 5.92 Å². The van der Waals surface area contributed by atoms with Crippen molar-refractivity contribution in [3.8, 4) is 0 Å². The van der Waals surface area contributed by atoms with Gasteiger partial charge in [-0.25, -0.2) is 5.43 Å². The van der Waals surface area contributed by atoms with Gasteiger partial charge in [0.25, 0.3) is 0 Å². The molecule has 0 amide bonds. The molecule has 0 saturated heterocycles. The Kier molecular flexibility index (Phi) is 4.47. The highest BCUT2D eigenvalue weighted by Gasteiger charge is 2.15. The molecular weight excluding hydrogens is 198 g/mol. The van der Waals surface area contributed by atoms with Gasteiger partial charge in [0.2, 0.25) is 0 Å². The van der Waals surface area contributed by atoms with Gasteiger partial charge in [0.1, 0.15) is 0 Å². The van der Waals surface area contributed by atoms with Crippen molar-refractivity contribution in [3.63, 3.8) is 0 Å². The quantitative estimate of drug-likeness (QED) is 0.465. The van der Waals surface area contributed by atoms with Crippen LogP contribution in [0.25, 0.3) is 0 Å². The molecule has 0 aliphatic carbocycles. The van der Waals surface area contributed by atoms with Crippen LogP contribution in [0.4, 0.5) is 0 Å². The average molecular weight is 221 g/mol. The van der Waals surface area contributed by atoms with Crippen LogP contribution in [0.15, 0.2) is 18.2 Å². The predicted molar refractivity (Wildman–Crippen MR) is 69.0 cm³/mol. The van der Waals surface area contributed by atoms with Crippen LogP contribution >= 0.6 is 0 Å². The van der Waals surface area contributed by atoms with Gasteiger partial charge in [0, 0.05) is 0 Å². The third kappa shape index (κ3) is 2.82. The molecule has 0 bridgehead atoms. The van der Waals surface area contributed by atoms with Gasteiger partial charge in [-0.15, -0.1) is 0 Å². The highest BCUT2D eigenvalue weighted by atomic mass is 15.4. The summed E-state index contributed by atoms with van der Waals surface area (Å²) in [5, 5.41) is 0. The lowest BCUT2D eigenvalue weighted by molar-refractivity contribution is 0.252. The Labute approximate surface area is 98.6 Å². The summed E-state index contributed by atoms with van der Waals surface area (Å²) in [5.74, 6) is 6.15. The monoisotopic (exact) mass is 221 g/mol. The maximum atomic E-state index is 5.61. The van der Waals surface area contributed by atoms with E-state index in [-0.39, 0.29) is 6.17 Å². The van der Waals surface area contributed by atoms with E-state index < -0.39 is 0 Å². The molecule has 0 spiro atoms. The summed E-state index contributed by atoms with van der Waals surface area (Å²) in [6.07, 6.45) is 0.0682. The highest BCUT2D eigenvalue weighted by molar-refractivity contribution is 5.34. The third-order valence-electron chi connectivity index (χ3n) is 2.94. The summed E-state index contributed by atoms with van der Waals surface area (Å²) < 4.78 is 0. The fraction of sp³-hybridized carbons (Fsp3) is 0.538. The van der Waals surface area contributed by atoms with E-state index in [4.69, 9.17) is 5.84 Å². The van der Waals surface area contributed by atoms with Crippen LogP contribution in [-0.4, -0.2) is 19.0 Å². The van der Waals surface area contributed by atoms with Crippen LogP contribution in [0.5, 0.6) is 0 Å². The summed E-state index contributed by atoms with van der Waals surface area (Å²) >= 11 is 0. The van der Waals surface area contributed by atoms with Gasteiger partial charge >= 0.3 is 0 Å². The number of rotatable bonds is 4. The molecule has 0 saturated carbocycles. The van der Waals surface area contributed by atoms with E-state index >= 15 is 0 Å². The fourth-order valence-electron chi connectivity index (χ4n) is 1.83. The maximum Gasteiger partial charge on any atom is 0.0983 e. The Morgan fingerprint density at radius 1 is 1.25 bits per heavy atom. The van der Waals surface area contributed by atoms with Crippen LogP contribution < -0.4 is 11.3 Å². The zero-order valence-corrected chi connectivity index (χ0v) is 10.9. The standard InChI is InChI=1S/C13H23N3/c1-9(2)11-7-6-10(3)12(8-11)13(15-14)16(4)5/h6-9,13,15H,14H2,1-5H3. The Morgan fingerprint density at radius 2 is 1.88 bits per heavy atom. The van der Waals surface area contributed by atoms with Crippen molar-refractivity contribution in [1.82, 2.24) is 10.3 Å². The van der Waals surface area contributed by atoms with Crippen molar-refractivity contribution in [1.29, 1.82) is 0 Å². The molecule has 90 valence electrons. The molecule has 0 aliphatic rings. The van der Waals surface area contributed by atoms with Gasteiger partial charge in [-0.05, 0) is 43.6 Å². The molecule has 1 aromatic rings. The molecule has 3 N–H and O–H groups in total. The fourth-order valence-corrected chi connectivity index (χ4v) is 1.83. The van der Waals surface area contributed by atoms with Crippen molar-refractivity contribution in [2.45, 2.75) is 32.9 Å². The highest BCUT2D eigenvalue weighted by Crippen LogP contribution is 2.24. The van der Waals surface area contributed by atoms with Gasteiger partial charge in [-0.3, -0.25) is 10.7 Å². The van der Waals surface area contributed by atoms with E-state index in [0.717, 1.165) is 0 Å². The second-order valence-electron chi connectivity index (χ2n) is 4.80. The number of nitrogens with two attached hydrogens (primary N) is 1. The zero-order chi connectivity index (χ0) is 12.3. The van der Waals surface area contributed by atoms with Gasteiger partial charge in [-0.1, -0.05) is 32.0 Å². The Morgan fingerprint density at radius 3 is 2.31 bits per heavy atom. The largest absolute Gasteiger partial charge is 0.289 e. The minimum atomic E-state index is 0.0682. The number of nitrogens with one attached hydrogen (secondary N) is 1. The van der Waals surface area contributed by atoms with E-state index in [9.17, 15) is 0 Å². The second-order valence-corrected chi connectivity index (χ2v) is 4.80. The molecule has 3 nitrogen and oxygen atoms in total. The molecule has 1 unspecified atom stereocenters. The lowest BCUT2D eigenvalue weighted by Gasteiger charge is -2.26. The number of hydrazine groups is 1. The van der Waals surface area contributed by atoms with Crippen LogP contribution in [0.3, 0.4) is 0 Å². The van der Waals surface area contributed by atoms with Crippen LogP contribution in [0.2, 0.25) is 0 Å². The maximum absolute atomic E-state index is 5.61. The Bertz CT molecular complexity index is 345. The lowest BCUT2D eigenvalue weighted by Crippen LogP contribution is -2.38. The molecule has 1 atom stereocenters. The average Bonchev–Trinajstić information content (AvgIpc) is 2.20. The SMILES string of the molecule is Cc1ccc(C(C)C)cc1C(NN)N(C)C. The smallest absolute Gasteiger partial charge is 0.0983 e. The molecule has 16 heavy (non-hydrogen) atoms. The number of nitrogens with zero attached hydrogens (tertiary/aromatic N) is 1. The number of hydrogen-bond acceptors (Lipinski definition) is 3. The van der Waals surface area contributed by atoms with Crippen molar-refractivity contribution in [3.05, 3.63) is 34.9 Å².